The van der Waals surface area contributed by atoms with Crippen molar-refractivity contribution in [1.29, 1.82) is 0 Å². The molecule has 0 heterocycles. The van der Waals surface area contributed by atoms with Crippen molar-refractivity contribution < 1.29 is 8.42 Å². The molecular formula is C15H23NO2S2. The number of benzene rings is 1. The molecule has 0 aromatic heterocycles. The molecule has 0 atom stereocenters. The predicted octanol–water partition coefficient (Wildman–Crippen LogP) is 2.86. The standard InChI is InChI=1S/C15H23NO2S2/c1-2-20(17,18)10-4-9-19-15-6-3-5-13(11-15)12-16-14-7-8-14/h3,5-6,11,14,16H,2,4,7-10,12H2,1H3. The summed E-state index contributed by atoms with van der Waals surface area (Å²) in [5, 5.41) is 3.51. The molecule has 1 N–H and O–H groups in total. The summed E-state index contributed by atoms with van der Waals surface area (Å²) >= 11 is 1.74. The van der Waals surface area contributed by atoms with Crippen LogP contribution in [0.4, 0.5) is 0 Å². The van der Waals surface area contributed by atoms with Crippen molar-refractivity contribution in [1.82, 2.24) is 5.32 Å². The minimum atomic E-state index is -2.82. The van der Waals surface area contributed by atoms with Gasteiger partial charge in [0.15, 0.2) is 0 Å². The molecule has 0 aliphatic heterocycles. The average molecular weight is 313 g/mol. The number of thioether (sulfide) groups is 1. The van der Waals surface area contributed by atoms with Crippen LogP contribution in [0.25, 0.3) is 0 Å². The first-order valence-corrected chi connectivity index (χ1v) is 10.1. The van der Waals surface area contributed by atoms with Gasteiger partial charge in [0, 0.05) is 23.2 Å². The quantitative estimate of drug-likeness (QED) is 0.562. The Balaban J connectivity index is 1.73. The van der Waals surface area contributed by atoms with Gasteiger partial charge in [-0.2, -0.15) is 0 Å². The normalized spacial score (nSPS) is 15.4. The highest BCUT2D eigenvalue weighted by atomic mass is 32.2. The van der Waals surface area contributed by atoms with Crippen LogP contribution in [0, 0.1) is 0 Å². The molecule has 2 rings (SSSR count). The number of hydrogen-bond acceptors (Lipinski definition) is 4. The van der Waals surface area contributed by atoms with Crippen LogP contribution in [0.5, 0.6) is 0 Å². The highest BCUT2D eigenvalue weighted by Gasteiger charge is 2.19. The summed E-state index contributed by atoms with van der Waals surface area (Å²) in [5.41, 5.74) is 1.31. The highest BCUT2D eigenvalue weighted by Crippen LogP contribution is 2.22. The molecule has 1 aromatic carbocycles. The lowest BCUT2D eigenvalue weighted by atomic mass is 10.2. The summed E-state index contributed by atoms with van der Waals surface area (Å²) in [7, 11) is -2.82. The van der Waals surface area contributed by atoms with E-state index >= 15 is 0 Å². The summed E-state index contributed by atoms with van der Waals surface area (Å²) < 4.78 is 22.8. The van der Waals surface area contributed by atoms with Crippen molar-refractivity contribution in [2.75, 3.05) is 17.3 Å². The van der Waals surface area contributed by atoms with Gasteiger partial charge in [0.2, 0.25) is 0 Å². The van der Waals surface area contributed by atoms with Gasteiger partial charge in [0.1, 0.15) is 9.84 Å². The van der Waals surface area contributed by atoms with Crippen LogP contribution in [0.2, 0.25) is 0 Å². The van der Waals surface area contributed by atoms with Crippen LogP contribution in [-0.2, 0) is 16.4 Å². The van der Waals surface area contributed by atoms with Crippen LogP contribution >= 0.6 is 11.8 Å². The van der Waals surface area contributed by atoms with Crippen LogP contribution < -0.4 is 5.32 Å². The van der Waals surface area contributed by atoms with E-state index in [1.165, 1.54) is 23.3 Å². The lowest BCUT2D eigenvalue weighted by Gasteiger charge is -2.06. The number of rotatable bonds is 9. The number of hydrogen-bond donors (Lipinski definition) is 1. The molecule has 1 fully saturated rings. The third-order valence-electron chi connectivity index (χ3n) is 3.38. The molecule has 20 heavy (non-hydrogen) atoms. The molecule has 5 heteroatoms. The Kier molecular flexibility index (Phi) is 5.93. The van der Waals surface area contributed by atoms with E-state index in [9.17, 15) is 8.42 Å². The maximum Gasteiger partial charge on any atom is 0.150 e. The number of sulfone groups is 1. The van der Waals surface area contributed by atoms with Gasteiger partial charge in [-0.3, -0.25) is 0 Å². The Bertz CT molecular complexity index is 524. The van der Waals surface area contributed by atoms with Crippen LogP contribution in [-0.4, -0.2) is 31.7 Å². The molecule has 0 amide bonds. The zero-order chi connectivity index (χ0) is 14.4. The Hall–Kier alpha value is -0.520. The van der Waals surface area contributed by atoms with E-state index in [-0.39, 0.29) is 5.75 Å². The first-order chi connectivity index (χ1) is 9.59. The van der Waals surface area contributed by atoms with Gasteiger partial charge in [0.05, 0.1) is 5.75 Å². The Morgan fingerprint density at radius 3 is 2.85 bits per heavy atom. The first kappa shape index (κ1) is 15.9. The highest BCUT2D eigenvalue weighted by molar-refractivity contribution is 7.99. The molecule has 1 aliphatic carbocycles. The van der Waals surface area contributed by atoms with E-state index in [0.717, 1.165) is 24.8 Å². The molecule has 3 nitrogen and oxygen atoms in total. The Labute approximate surface area is 126 Å². The molecule has 0 unspecified atom stereocenters. The van der Waals surface area contributed by atoms with E-state index < -0.39 is 9.84 Å². The van der Waals surface area contributed by atoms with E-state index in [0.29, 0.717) is 5.75 Å². The van der Waals surface area contributed by atoms with Gasteiger partial charge in [-0.25, -0.2) is 8.42 Å². The predicted molar refractivity (Wildman–Crippen MR) is 86.0 cm³/mol. The van der Waals surface area contributed by atoms with Crippen LogP contribution in [0.3, 0.4) is 0 Å². The Morgan fingerprint density at radius 1 is 1.35 bits per heavy atom. The van der Waals surface area contributed by atoms with Crippen molar-refractivity contribution in [3.05, 3.63) is 29.8 Å². The third-order valence-corrected chi connectivity index (χ3v) is 6.25. The van der Waals surface area contributed by atoms with E-state index in [4.69, 9.17) is 0 Å². The summed E-state index contributed by atoms with van der Waals surface area (Å²) in [6.07, 6.45) is 3.34. The molecule has 1 aromatic rings. The summed E-state index contributed by atoms with van der Waals surface area (Å²) in [6, 6.07) is 9.25. The van der Waals surface area contributed by atoms with Crippen LogP contribution in [0.1, 0.15) is 31.7 Å². The van der Waals surface area contributed by atoms with Gasteiger partial charge < -0.3 is 5.32 Å². The molecule has 0 radical (unpaired) electrons. The van der Waals surface area contributed by atoms with Gasteiger partial charge in [0.25, 0.3) is 0 Å². The van der Waals surface area contributed by atoms with Gasteiger partial charge in [-0.15, -0.1) is 11.8 Å². The van der Waals surface area contributed by atoms with Crippen LogP contribution in [0.15, 0.2) is 29.2 Å². The van der Waals surface area contributed by atoms with Gasteiger partial charge in [-0.1, -0.05) is 19.1 Å². The summed E-state index contributed by atoms with van der Waals surface area (Å²) in [6.45, 7) is 2.64. The minimum Gasteiger partial charge on any atom is -0.310 e. The topological polar surface area (TPSA) is 46.2 Å². The maximum atomic E-state index is 11.4. The second-order valence-corrected chi connectivity index (χ2v) is 8.88. The van der Waals surface area contributed by atoms with E-state index in [1.807, 2.05) is 0 Å². The lowest BCUT2D eigenvalue weighted by Crippen LogP contribution is -2.15. The average Bonchev–Trinajstić information content (AvgIpc) is 3.26. The monoisotopic (exact) mass is 313 g/mol. The zero-order valence-electron chi connectivity index (χ0n) is 12.0. The molecule has 1 saturated carbocycles. The fourth-order valence-corrected chi connectivity index (χ4v) is 3.90. The Morgan fingerprint density at radius 2 is 2.15 bits per heavy atom. The van der Waals surface area contributed by atoms with Crippen molar-refractivity contribution in [3.8, 4) is 0 Å². The molecule has 0 spiro atoms. The van der Waals surface area contributed by atoms with Crippen molar-refractivity contribution in [2.24, 2.45) is 0 Å². The molecule has 112 valence electrons. The third kappa shape index (κ3) is 5.85. The van der Waals surface area contributed by atoms with Gasteiger partial charge >= 0.3 is 0 Å². The maximum absolute atomic E-state index is 11.4. The molecule has 1 aliphatic rings. The lowest BCUT2D eigenvalue weighted by molar-refractivity contribution is 0.596. The zero-order valence-corrected chi connectivity index (χ0v) is 13.6. The first-order valence-electron chi connectivity index (χ1n) is 7.24. The molecule has 0 bridgehead atoms. The fourth-order valence-electron chi connectivity index (χ4n) is 1.91. The largest absolute Gasteiger partial charge is 0.310 e. The summed E-state index contributed by atoms with van der Waals surface area (Å²) in [4.78, 5) is 1.23. The molecular weight excluding hydrogens is 290 g/mol. The van der Waals surface area contributed by atoms with E-state index in [2.05, 4.69) is 29.6 Å². The van der Waals surface area contributed by atoms with Crippen molar-refractivity contribution in [2.45, 2.75) is 43.7 Å². The minimum absolute atomic E-state index is 0.250. The SMILES string of the molecule is CCS(=O)(=O)CCCSc1cccc(CNC2CC2)c1. The van der Waals surface area contributed by atoms with E-state index in [1.54, 1.807) is 18.7 Å². The second kappa shape index (κ2) is 7.48. The number of nitrogens with one attached hydrogen (secondary N) is 1. The molecule has 0 saturated heterocycles. The van der Waals surface area contributed by atoms with Crippen molar-refractivity contribution >= 4 is 21.6 Å². The fraction of sp³-hybridized carbons (Fsp3) is 0.600. The van der Waals surface area contributed by atoms with Gasteiger partial charge in [-0.05, 0) is 42.7 Å². The smallest absolute Gasteiger partial charge is 0.150 e. The second-order valence-electron chi connectivity index (χ2n) is 5.24. The van der Waals surface area contributed by atoms with Crippen molar-refractivity contribution in [3.63, 3.8) is 0 Å². The summed E-state index contributed by atoms with van der Waals surface area (Å²) in [5.74, 6) is 1.41.